The Labute approximate surface area is 148 Å². The van der Waals surface area contributed by atoms with Gasteiger partial charge in [-0.2, -0.15) is 0 Å². The van der Waals surface area contributed by atoms with Gasteiger partial charge in [0.25, 0.3) is 0 Å². The molecule has 0 radical (unpaired) electrons. The number of nitrogens with one attached hydrogen (secondary N) is 1. The zero-order valence-electron chi connectivity index (χ0n) is 14.8. The number of benzene rings is 1. The molecule has 0 spiro atoms. The molecule has 0 fully saturated rings. The highest BCUT2D eigenvalue weighted by atomic mass is 35.5. The lowest BCUT2D eigenvalue weighted by Crippen LogP contribution is -2.38. The molecule has 2 rings (SSSR count). The first-order valence-corrected chi connectivity index (χ1v) is 8.54. The molecule has 6 heteroatoms. The Morgan fingerprint density at radius 3 is 2.79 bits per heavy atom. The summed E-state index contributed by atoms with van der Waals surface area (Å²) in [5, 5.41) is 8.07. The third-order valence-corrected chi connectivity index (χ3v) is 4.04. The maximum absolute atomic E-state index is 6.06. The van der Waals surface area contributed by atoms with Gasteiger partial charge in [0.05, 0.1) is 5.69 Å². The van der Waals surface area contributed by atoms with Crippen molar-refractivity contribution in [2.24, 2.45) is 4.99 Å². The first-order valence-electron chi connectivity index (χ1n) is 8.17. The number of aryl methyl sites for hydroxylation is 2. The second-order valence-electron chi connectivity index (χ2n) is 5.77. The van der Waals surface area contributed by atoms with E-state index in [0.717, 1.165) is 53.1 Å². The van der Waals surface area contributed by atoms with E-state index in [-0.39, 0.29) is 0 Å². The lowest BCUT2D eigenvalue weighted by Gasteiger charge is -2.22. The fourth-order valence-corrected chi connectivity index (χ4v) is 2.80. The third kappa shape index (κ3) is 4.99. The van der Waals surface area contributed by atoms with Gasteiger partial charge < -0.3 is 14.7 Å². The number of guanidine groups is 1. The van der Waals surface area contributed by atoms with Gasteiger partial charge in [-0.25, -0.2) is 0 Å². The Kier molecular flexibility index (Phi) is 6.67. The zero-order valence-corrected chi connectivity index (χ0v) is 15.5. The first kappa shape index (κ1) is 18.3. The molecule has 0 saturated carbocycles. The number of nitrogens with zero attached hydrogens (tertiary/aromatic N) is 3. The van der Waals surface area contributed by atoms with Gasteiger partial charge in [-0.15, -0.1) is 0 Å². The van der Waals surface area contributed by atoms with Crippen molar-refractivity contribution in [1.29, 1.82) is 0 Å². The highest BCUT2D eigenvalue weighted by Gasteiger charge is 2.10. The molecular weight excluding hydrogens is 324 g/mol. The molecule has 0 bridgehead atoms. The van der Waals surface area contributed by atoms with Crippen LogP contribution in [0.5, 0.6) is 0 Å². The minimum atomic E-state index is 0.686. The number of aliphatic imine (C=N–C) groups is 1. The highest BCUT2D eigenvalue weighted by Crippen LogP contribution is 2.14. The summed E-state index contributed by atoms with van der Waals surface area (Å²) >= 11 is 6.06. The standard InChI is InChI=1S/C18H25ClN4O/c1-5-20-18(21-10-9-17-13(2)22-24-14(17)3)23(4)12-15-7-6-8-16(19)11-15/h6-8,11H,5,9-10,12H2,1-4H3,(H,20,21). The molecule has 5 nitrogen and oxygen atoms in total. The van der Waals surface area contributed by atoms with E-state index in [2.05, 4.69) is 28.4 Å². The Balaban J connectivity index is 2.01. The summed E-state index contributed by atoms with van der Waals surface area (Å²) in [6.45, 7) is 8.23. The maximum atomic E-state index is 6.06. The van der Waals surface area contributed by atoms with Gasteiger partial charge in [0.1, 0.15) is 5.76 Å². The molecule has 1 aromatic heterocycles. The van der Waals surface area contributed by atoms with Crippen molar-refractivity contribution in [3.63, 3.8) is 0 Å². The van der Waals surface area contributed by atoms with Crippen LogP contribution in [0.2, 0.25) is 5.02 Å². The molecule has 0 aliphatic rings. The van der Waals surface area contributed by atoms with Crippen LogP contribution in [-0.4, -0.2) is 36.2 Å². The fraction of sp³-hybridized carbons (Fsp3) is 0.444. The van der Waals surface area contributed by atoms with Gasteiger partial charge in [-0.1, -0.05) is 28.9 Å². The van der Waals surface area contributed by atoms with Crippen LogP contribution < -0.4 is 5.32 Å². The molecule has 0 atom stereocenters. The maximum Gasteiger partial charge on any atom is 0.193 e. The van der Waals surface area contributed by atoms with Crippen LogP contribution >= 0.6 is 11.6 Å². The largest absolute Gasteiger partial charge is 0.361 e. The zero-order chi connectivity index (χ0) is 17.5. The average molecular weight is 349 g/mol. The van der Waals surface area contributed by atoms with Crippen molar-refractivity contribution in [1.82, 2.24) is 15.4 Å². The number of hydrogen-bond donors (Lipinski definition) is 1. The normalized spacial score (nSPS) is 11.6. The van der Waals surface area contributed by atoms with Crippen LogP contribution in [-0.2, 0) is 13.0 Å². The van der Waals surface area contributed by atoms with Crippen LogP contribution in [0.3, 0.4) is 0 Å². The van der Waals surface area contributed by atoms with E-state index >= 15 is 0 Å². The molecule has 1 heterocycles. The summed E-state index contributed by atoms with van der Waals surface area (Å²) in [4.78, 5) is 6.82. The fourth-order valence-electron chi connectivity index (χ4n) is 2.59. The molecular formula is C18H25ClN4O. The van der Waals surface area contributed by atoms with Crippen LogP contribution in [0, 0.1) is 13.8 Å². The van der Waals surface area contributed by atoms with Crippen LogP contribution in [0.15, 0.2) is 33.8 Å². The Bertz CT molecular complexity index is 677. The molecule has 24 heavy (non-hydrogen) atoms. The SMILES string of the molecule is CCNC(=NCCc1c(C)noc1C)N(C)Cc1cccc(Cl)c1. The van der Waals surface area contributed by atoms with Crippen LogP contribution in [0.25, 0.3) is 0 Å². The summed E-state index contributed by atoms with van der Waals surface area (Å²) in [6, 6.07) is 7.89. The molecule has 1 aromatic carbocycles. The van der Waals surface area contributed by atoms with Crippen molar-refractivity contribution < 1.29 is 4.52 Å². The number of halogens is 1. The van der Waals surface area contributed by atoms with Gasteiger partial charge in [-0.3, -0.25) is 4.99 Å². The predicted molar refractivity (Wildman–Crippen MR) is 98.6 cm³/mol. The van der Waals surface area contributed by atoms with Crippen molar-refractivity contribution in [3.05, 3.63) is 51.9 Å². The van der Waals surface area contributed by atoms with E-state index < -0.39 is 0 Å². The lowest BCUT2D eigenvalue weighted by atomic mass is 10.1. The van der Waals surface area contributed by atoms with Gasteiger partial charge >= 0.3 is 0 Å². The minimum absolute atomic E-state index is 0.686. The highest BCUT2D eigenvalue weighted by molar-refractivity contribution is 6.30. The molecule has 2 aromatic rings. The van der Waals surface area contributed by atoms with E-state index in [1.807, 2.05) is 39.1 Å². The van der Waals surface area contributed by atoms with Crippen molar-refractivity contribution in [2.75, 3.05) is 20.1 Å². The molecule has 130 valence electrons. The minimum Gasteiger partial charge on any atom is -0.361 e. The van der Waals surface area contributed by atoms with E-state index in [0.29, 0.717) is 6.54 Å². The van der Waals surface area contributed by atoms with Gasteiger partial charge in [0.2, 0.25) is 0 Å². The summed E-state index contributed by atoms with van der Waals surface area (Å²) in [6.07, 6.45) is 0.821. The molecule has 0 aliphatic carbocycles. The lowest BCUT2D eigenvalue weighted by molar-refractivity contribution is 0.392. The van der Waals surface area contributed by atoms with E-state index in [4.69, 9.17) is 21.1 Å². The Morgan fingerprint density at radius 2 is 2.17 bits per heavy atom. The van der Waals surface area contributed by atoms with Crippen LogP contribution in [0.1, 0.15) is 29.5 Å². The Morgan fingerprint density at radius 1 is 1.38 bits per heavy atom. The second-order valence-corrected chi connectivity index (χ2v) is 6.21. The quantitative estimate of drug-likeness (QED) is 0.640. The van der Waals surface area contributed by atoms with Crippen LogP contribution in [0.4, 0.5) is 0 Å². The average Bonchev–Trinajstić information content (AvgIpc) is 2.85. The van der Waals surface area contributed by atoms with Gasteiger partial charge in [0, 0.05) is 37.3 Å². The van der Waals surface area contributed by atoms with Crippen molar-refractivity contribution >= 4 is 17.6 Å². The topological polar surface area (TPSA) is 53.7 Å². The van der Waals surface area contributed by atoms with Crippen molar-refractivity contribution in [2.45, 2.75) is 33.7 Å². The molecule has 0 aliphatic heterocycles. The third-order valence-electron chi connectivity index (χ3n) is 3.81. The summed E-state index contributed by atoms with van der Waals surface area (Å²) in [7, 11) is 2.03. The number of aromatic nitrogens is 1. The summed E-state index contributed by atoms with van der Waals surface area (Å²) < 4.78 is 5.20. The summed E-state index contributed by atoms with van der Waals surface area (Å²) in [5.41, 5.74) is 3.24. The summed E-state index contributed by atoms with van der Waals surface area (Å²) in [5.74, 6) is 1.75. The number of hydrogen-bond acceptors (Lipinski definition) is 3. The molecule has 0 saturated heterocycles. The smallest absolute Gasteiger partial charge is 0.193 e. The van der Waals surface area contributed by atoms with Crippen molar-refractivity contribution in [3.8, 4) is 0 Å². The number of rotatable bonds is 6. The Hall–Kier alpha value is -2.01. The monoisotopic (exact) mass is 348 g/mol. The second kappa shape index (κ2) is 8.73. The molecule has 1 N–H and O–H groups in total. The predicted octanol–water partition coefficient (Wildman–Crippen LogP) is 3.58. The molecule has 0 amide bonds. The molecule has 0 unspecified atom stereocenters. The van der Waals surface area contributed by atoms with Gasteiger partial charge in [0.15, 0.2) is 5.96 Å². The van der Waals surface area contributed by atoms with E-state index in [9.17, 15) is 0 Å². The van der Waals surface area contributed by atoms with E-state index in [1.54, 1.807) is 0 Å². The van der Waals surface area contributed by atoms with E-state index in [1.165, 1.54) is 0 Å². The first-order chi connectivity index (χ1) is 11.5. The van der Waals surface area contributed by atoms with Gasteiger partial charge in [-0.05, 0) is 44.9 Å².